The summed E-state index contributed by atoms with van der Waals surface area (Å²) in [6, 6.07) is 6.87. The SMILES string of the molecule is Cc1ccc(F)c(NC(=O)c2ccc(C(=O)O)cn2)c1. The Morgan fingerprint density at radius 2 is 2.00 bits per heavy atom. The Hall–Kier alpha value is -2.76. The molecule has 20 heavy (non-hydrogen) atoms. The van der Waals surface area contributed by atoms with Crippen LogP contribution in [0, 0.1) is 12.7 Å². The Bertz CT molecular complexity index is 669. The molecule has 0 unspecified atom stereocenters. The molecule has 1 heterocycles. The Labute approximate surface area is 114 Å². The van der Waals surface area contributed by atoms with Crippen LogP contribution in [0.1, 0.15) is 26.4 Å². The highest BCUT2D eigenvalue weighted by Crippen LogP contribution is 2.16. The third-order valence-electron chi connectivity index (χ3n) is 2.61. The Balaban J connectivity index is 2.19. The molecule has 102 valence electrons. The molecule has 1 aromatic carbocycles. The Kier molecular flexibility index (Phi) is 3.74. The van der Waals surface area contributed by atoms with Crippen LogP contribution >= 0.6 is 0 Å². The predicted molar refractivity (Wildman–Crippen MR) is 70.3 cm³/mol. The van der Waals surface area contributed by atoms with Gasteiger partial charge in [-0.1, -0.05) is 6.07 Å². The summed E-state index contributed by atoms with van der Waals surface area (Å²) in [5.74, 6) is -2.29. The second-order valence-electron chi connectivity index (χ2n) is 4.17. The highest BCUT2D eigenvalue weighted by Gasteiger charge is 2.12. The molecule has 5 nitrogen and oxygen atoms in total. The van der Waals surface area contributed by atoms with Crippen molar-refractivity contribution in [3.8, 4) is 0 Å². The molecule has 0 aliphatic heterocycles. The van der Waals surface area contributed by atoms with E-state index in [2.05, 4.69) is 10.3 Å². The summed E-state index contributed by atoms with van der Waals surface area (Å²) in [5.41, 5.74) is 0.842. The number of anilines is 1. The molecule has 1 aromatic heterocycles. The summed E-state index contributed by atoms with van der Waals surface area (Å²) in [6.45, 7) is 1.77. The molecule has 0 spiro atoms. The number of hydrogen-bond donors (Lipinski definition) is 2. The fourth-order valence-electron chi connectivity index (χ4n) is 1.58. The number of amides is 1. The maximum Gasteiger partial charge on any atom is 0.337 e. The molecule has 0 saturated carbocycles. The number of rotatable bonds is 3. The largest absolute Gasteiger partial charge is 0.478 e. The molecule has 0 radical (unpaired) electrons. The van der Waals surface area contributed by atoms with E-state index in [1.807, 2.05) is 0 Å². The average molecular weight is 274 g/mol. The molecule has 0 aliphatic rings. The van der Waals surface area contributed by atoms with Crippen LogP contribution in [0.25, 0.3) is 0 Å². The minimum absolute atomic E-state index is 0.0101. The van der Waals surface area contributed by atoms with Crippen molar-refractivity contribution < 1.29 is 19.1 Å². The highest BCUT2D eigenvalue weighted by molar-refractivity contribution is 6.03. The monoisotopic (exact) mass is 274 g/mol. The van der Waals surface area contributed by atoms with Gasteiger partial charge in [0.15, 0.2) is 0 Å². The van der Waals surface area contributed by atoms with Gasteiger partial charge in [0.2, 0.25) is 0 Å². The van der Waals surface area contributed by atoms with Gasteiger partial charge in [-0.15, -0.1) is 0 Å². The third kappa shape index (κ3) is 2.97. The van der Waals surface area contributed by atoms with Gasteiger partial charge >= 0.3 is 5.97 Å². The maximum absolute atomic E-state index is 13.5. The first-order valence-corrected chi connectivity index (χ1v) is 5.74. The maximum atomic E-state index is 13.5. The zero-order chi connectivity index (χ0) is 14.7. The summed E-state index contributed by atoms with van der Waals surface area (Å²) >= 11 is 0. The fraction of sp³-hybridized carbons (Fsp3) is 0.0714. The van der Waals surface area contributed by atoms with Gasteiger partial charge in [0, 0.05) is 6.20 Å². The topological polar surface area (TPSA) is 79.3 Å². The lowest BCUT2D eigenvalue weighted by Gasteiger charge is -2.07. The molecule has 0 aliphatic carbocycles. The molecule has 2 N–H and O–H groups in total. The van der Waals surface area contributed by atoms with Crippen LogP contribution in [-0.2, 0) is 0 Å². The average Bonchev–Trinajstić information content (AvgIpc) is 2.43. The first kappa shape index (κ1) is 13.7. The van der Waals surface area contributed by atoms with Crippen molar-refractivity contribution in [2.75, 3.05) is 5.32 Å². The van der Waals surface area contributed by atoms with Crippen molar-refractivity contribution >= 4 is 17.6 Å². The van der Waals surface area contributed by atoms with Crippen LogP contribution in [0.15, 0.2) is 36.5 Å². The first-order valence-electron chi connectivity index (χ1n) is 5.74. The first-order chi connectivity index (χ1) is 9.47. The van der Waals surface area contributed by atoms with Crippen molar-refractivity contribution in [3.63, 3.8) is 0 Å². The number of carboxylic acids is 1. The van der Waals surface area contributed by atoms with Gasteiger partial charge in [0.25, 0.3) is 5.91 Å². The lowest BCUT2D eigenvalue weighted by atomic mass is 10.2. The molecule has 0 bridgehead atoms. The lowest BCUT2D eigenvalue weighted by molar-refractivity contribution is 0.0696. The number of aromatic carboxylic acids is 1. The van der Waals surface area contributed by atoms with Crippen LogP contribution in [0.4, 0.5) is 10.1 Å². The molecule has 0 atom stereocenters. The van der Waals surface area contributed by atoms with Crippen molar-refractivity contribution in [1.29, 1.82) is 0 Å². The smallest absolute Gasteiger partial charge is 0.337 e. The highest BCUT2D eigenvalue weighted by atomic mass is 19.1. The number of pyridine rings is 1. The van der Waals surface area contributed by atoms with E-state index in [1.54, 1.807) is 13.0 Å². The fourth-order valence-corrected chi connectivity index (χ4v) is 1.58. The number of nitrogens with one attached hydrogen (secondary N) is 1. The molecule has 6 heteroatoms. The quantitative estimate of drug-likeness (QED) is 0.901. The van der Waals surface area contributed by atoms with E-state index in [-0.39, 0.29) is 16.9 Å². The number of hydrogen-bond acceptors (Lipinski definition) is 3. The van der Waals surface area contributed by atoms with E-state index in [9.17, 15) is 14.0 Å². The summed E-state index contributed by atoms with van der Waals surface area (Å²) in [6.07, 6.45) is 1.07. The molecule has 2 aromatic rings. The standard InChI is InChI=1S/C14H11FN2O3/c1-8-2-4-10(15)12(6-8)17-13(18)11-5-3-9(7-16-11)14(19)20/h2-7H,1H3,(H,17,18)(H,19,20). The zero-order valence-corrected chi connectivity index (χ0v) is 10.6. The van der Waals surface area contributed by atoms with Crippen molar-refractivity contribution in [3.05, 3.63) is 59.2 Å². The van der Waals surface area contributed by atoms with E-state index in [0.717, 1.165) is 11.8 Å². The lowest BCUT2D eigenvalue weighted by Crippen LogP contribution is -2.15. The van der Waals surface area contributed by atoms with Gasteiger partial charge in [0.05, 0.1) is 11.3 Å². The van der Waals surface area contributed by atoms with Gasteiger partial charge in [-0.2, -0.15) is 0 Å². The van der Waals surface area contributed by atoms with E-state index in [1.165, 1.54) is 24.3 Å². The van der Waals surface area contributed by atoms with E-state index in [4.69, 9.17) is 5.11 Å². The number of halogens is 1. The number of carbonyl (C=O) groups excluding carboxylic acids is 1. The van der Waals surface area contributed by atoms with Crippen LogP contribution in [-0.4, -0.2) is 22.0 Å². The van der Waals surface area contributed by atoms with Gasteiger partial charge in [0.1, 0.15) is 11.5 Å². The Morgan fingerprint density at radius 1 is 1.25 bits per heavy atom. The van der Waals surface area contributed by atoms with Crippen LogP contribution in [0.2, 0.25) is 0 Å². The van der Waals surface area contributed by atoms with Crippen molar-refractivity contribution in [1.82, 2.24) is 4.98 Å². The number of benzene rings is 1. The number of aryl methyl sites for hydroxylation is 1. The molecular weight excluding hydrogens is 263 g/mol. The van der Waals surface area contributed by atoms with Gasteiger partial charge in [-0.05, 0) is 36.8 Å². The van der Waals surface area contributed by atoms with Gasteiger partial charge in [-0.3, -0.25) is 9.78 Å². The van der Waals surface area contributed by atoms with Crippen LogP contribution < -0.4 is 5.32 Å². The minimum atomic E-state index is -1.13. The molecule has 0 saturated heterocycles. The number of aromatic nitrogens is 1. The zero-order valence-electron chi connectivity index (χ0n) is 10.6. The number of carbonyl (C=O) groups is 2. The summed E-state index contributed by atoms with van der Waals surface area (Å²) in [4.78, 5) is 26.3. The number of carboxylic acid groups (broad SMARTS) is 1. The minimum Gasteiger partial charge on any atom is -0.478 e. The van der Waals surface area contributed by atoms with Crippen molar-refractivity contribution in [2.24, 2.45) is 0 Å². The van der Waals surface area contributed by atoms with E-state index < -0.39 is 17.7 Å². The number of nitrogens with zero attached hydrogens (tertiary/aromatic N) is 1. The van der Waals surface area contributed by atoms with E-state index >= 15 is 0 Å². The van der Waals surface area contributed by atoms with Crippen LogP contribution in [0.5, 0.6) is 0 Å². The summed E-state index contributed by atoms with van der Waals surface area (Å²) in [5, 5.41) is 11.1. The van der Waals surface area contributed by atoms with E-state index in [0.29, 0.717) is 0 Å². The molecule has 0 fully saturated rings. The van der Waals surface area contributed by atoms with Crippen LogP contribution in [0.3, 0.4) is 0 Å². The van der Waals surface area contributed by atoms with Gasteiger partial charge in [-0.25, -0.2) is 9.18 Å². The molecule has 1 amide bonds. The summed E-state index contributed by atoms with van der Waals surface area (Å²) in [7, 11) is 0. The second kappa shape index (κ2) is 5.48. The predicted octanol–water partition coefficient (Wildman–Crippen LogP) is 2.48. The normalized spacial score (nSPS) is 10.1. The molecular formula is C14H11FN2O3. The molecule has 2 rings (SSSR count). The van der Waals surface area contributed by atoms with Gasteiger partial charge < -0.3 is 10.4 Å². The third-order valence-corrected chi connectivity index (χ3v) is 2.61. The second-order valence-corrected chi connectivity index (χ2v) is 4.17. The van der Waals surface area contributed by atoms with Crippen molar-refractivity contribution in [2.45, 2.75) is 6.92 Å². The summed E-state index contributed by atoms with van der Waals surface area (Å²) < 4.78 is 13.5. The Morgan fingerprint density at radius 3 is 2.60 bits per heavy atom.